The molecule has 0 saturated carbocycles. The van der Waals surface area contributed by atoms with Crippen LogP contribution in [0.2, 0.25) is 5.02 Å². The molecule has 0 radical (unpaired) electrons. The van der Waals surface area contributed by atoms with Gasteiger partial charge in [-0.05, 0) is 47.7 Å². The molecule has 1 aromatic carbocycles. The Hall–Kier alpha value is -2.70. The Morgan fingerprint density at radius 3 is 2.70 bits per heavy atom. The van der Waals surface area contributed by atoms with E-state index in [1.54, 1.807) is 41.8 Å². The molecule has 1 N–H and O–H groups in total. The number of nitrogens with one attached hydrogen (secondary N) is 1. The maximum Gasteiger partial charge on any atom is 0.281 e. The predicted octanol–water partition coefficient (Wildman–Crippen LogP) is 4.34. The van der Waals surface area contributed by atoms with Crippen molar-refractivity contribution in [3.63, 3.8) is 0 Å². The van der Waals surface area contributed by atoms with Gasteiger partial charge in [0.1, 0.15) is 0 Å². The smallest absolute Gasteiger partial charge is 0.281 e. The number of pyridine rings is 1. The van der Waals surface area contributed by atoms with Gasteiger partial charge >= 0.3 is 0 Å². The molecule has 0 unspecified atom stereocenters. The highest BCUT2D eigenvalue weighted by molar-refractivity contribution is 7.10. The van der Waals surface area contributed by atoms with Crippen molar-refractivity contribution in [3.8, 4) is 5.69 Å². The summed E-state index contributed by atoms with van der Waals surface area (Å²) in [6.45, 7) is 0. The van der Waals surface area contributed by atoms with Gasteiger partial charge in [0, 0.05) is 34.0 Å². The maximum atomic E-state index is 13.1. The van der Waals surface area contributed by atoms with Crippen LogP contribution in [0, 0.1) is 0 Å². The number of ketones is 1. The number of hydrogen-bond donors (Lipinski definition) is 1. The fourth-order valence-corrected chi connectivity index (χ4v) is 4.69. The molecule has 0 aliphatic heterocycles. The Morgan fingerprint density at radius 1 is 1.15 bits per heavy atom. The number of halogens is 1. The van der Waals surface area contributed by atoms with Crippen molar-refractivity contribution in [2.24, 2.45) is 0 Å². The summed E-state index contributed by atoms with van der Waals surface area (Å²) in [5, 5.41) is 6.17. The zero-order chi connectivity index (χ0) is 18.5. The van der Waals surface area contributed by atoms with Crippen molar-refractivity contribution >= 4 is 39.8 Å². The van der Waals surface area contributed by atoms with Crippen molar-refractivity contribution in [1.82, 2.24) is 14.8 Å². The molecule has 134 valence electrons. The molecule has 0 saturated heterocycles. The Kier molecular flexibility index (Phi) is 3.77. The SMILES string of the molecule is O=C1C[C@@H](c2cccs2)Cc2c1cnc1[nH]n(-c3ccc(Cl)cc3)c(=O)c21. The van der Waals surface area contributed by atoms with Crippen LogP contribution in [0.3, 0.4) is 0 Å². The van der Waals surface area contributed by atoms with Gasteiger partial charge in [0.2, 0.25) is 0 Å². The van der Waals surface area contributed by atoms with Crippen molar-refractivity contribution in [2.75, 3.05) is 0 Å². The van der Waals surface area contributed by atoms with Gasteiger partial charge in [-0.25, -0.2) is 9.67 Å². The number of fused-ring (bicyclic) bond motifs is 3. The average Bonchev–Trinajstić information content (AvgIpc) is 3.31. The van der Waals surface area contributed by atoms with Gasteiger partial charge in [-0.3, -0.25) is 14.7 Å². The lowest BCUT2D eigenvalue weighted by molar-refractivity contribution is 0.0965. The minimum atomic E-state index is -0.198. The third kappa shape index (κ3) is 2.64. The number of carbonyl (C=O) groups excluding carboxylic acids is 1. The van der Waals surface area contributed by atoms with E-state index in [4.69, 9.17) is 11.6 Å². The third-order valence-corrected chi connectivity index (χ3v) is 6.32. The highest BCUT2D eigenvalue weighted by Gasteiger charge is 2.30. The molecule has 5 rings (SSSR count). The highest BCUT2D eigenvalue weighted by Crippen LogP contribution is 2.36. The zero-order valence-electron chi connectivity index (χ0n) is 14.1. The van der Waals surface area contributed by atoms with Crippen molar-refractivity contribution in [1.29, 1.82) is 0 Å². The standard InChI is InChI=1S/C20H14ClN3O2S/c21-12-3-5-13(6-4-12)24-20(26)18-14-8-11(17-2-1-7-27-17)9-16(25)15(14)10-22-19(18)23-24/h1-7,10-11H,8-9H2,(H,22,23)/t11-/m0/s1. The van der Waals surface area contributed by atoms with Crippen LogP contribution < -0.4 is 5.56 Å². The molecular formula is C20H14ClN3O2S. The second kappa shape index (κ2) is 6.18. The molecule has 4 aromatic rings. The van der Waals surface area contributed by atoms with E-state index in [1.807, 2.05) is 11.4 Å². The Morgan fingerprint density at radius 2 is 1.96 bits per heavy atom. The molecular weight excluding hydrogens is 382 g/mol. The highest BCUT2D eigenvalue weighted by atomic mass is 35.5. The van der Waals surface area contributed by atoms with Crippen LogP contribution in [0.25, 0.3) is 16.7 Å². The van der Waals surface area contributed by atoms with Gasteiger partial charge in [-0.1, -0.05) is 17.7 Å². The lowest BCUT2D eigenvalue weighted by Crippen LogP contribution is -2.21. The van der Waals surface area contributed by atoms with E-state index >= 15 is 0 Å². The lowest BCUT2D eigenvalue weighted by atomic mass is 9.82. The molecule has 0 amide bonds. The summed E-state index contributed by atoms with van der Waals surface area (Å²) in [7, 11) is 0. The normalized spacial score (nSPS) is 16.6. The molecule has 0 spiro atoms. The first kappa shape index (κ1) is 16.5. The molecule has 0 bridgehead atoms. The zero-order valence-corrected chi connectivity index (χ0v) is 15.7. The predicted molar refractivity (Wildman–Crippen MR) is 106 cm³/mol. The summed E-state index contributed by atoms with van der Waals surface area (Å²) in [5.74, 6) is 0.150. The minimum absolute atomic E-state index is 0.0442. The number of carbonyl (C=O) groups is 1. The van der Waals surface area contributed by atoms with Crippen LogP contribution in [0.5, 0.6) is 0 Å². The second-order valence-corrected chi connectivity index (χ2v) is 8.06. The van der Waals surface area contributed by atoms with Gasteiger partial charge in [-0.2, -0.15) is 0 Å². The molecule has 1 aliphatic rings. The minimum Gasteiger partial charge on any atom is -0.294 e. The Labute approximate surface area is 163 Å². The van der Waals surface area contributed by atoms with Gasteiger partial charge in [0.25, 0.3) is 5.56 Å². The van der Waals surface area contributed by atoms with Crippen LogP contribution in [0.4, 0.5) is 0 Å². The summed E-state index contributed by atoms with van der Waals surface area (Å²) in [6, 6.07) is 11.0. The molecule has 27 heavy (non-hydrogen) atoms. The van der Waals surface area contributed by atoms with E-state index in [2.05, 4.69) is 16.1 Å². The average molecular weight is 396 g/mol. The van der Waals surface area contributed by atoms with Crippen LogP contribution in [-0.4, -0.2) is 20.5 Å². The first-order valence-electron chi connectivity index (χ1n) is 8.57. The number of thiophene rings is 1. The van der Waals surface area contributed by atoms with E-state index in [1.165, 1.54) is 9.56 Å². The number of aromatic nitrogens is 3. The number of rotatable bonds is 2. The number of aromatic amines is 1. The number of nitrogens with zero attached hydrogens (tertiary/aromatic N) is 2. The molecule has 0 fully saturated rings. The first-order chi connectivity index (χ1) is 13.1. The summed E-state index contributed by atoms with van der Waals surface area (Å²) in [6.07, 6.45) is 2.71. The van der Waals surface area contributed by atoms with Crippen LogP contribution in [0.1, 0.15) is 33.1 Å². The molecule has 7 heteroatoms. The number of benzene rings is 1. The monoisotopic (exact) mass is 395 g/mol. The molecule has 3 heterocycles. The van der Waals surface area contributed by atoms with E-state index < -0.39 is 0 Å². The van der Waals surface area contributed by atoms with Gasteiger partial charge < -0.3 is 0 Å². The largest absolute Gasteiger partial charge is 0.294 e. The fourth-order valence-electron chi connectivity index (χ4n) is 3.73. The van der Waals surface area contributed by atoms with Gasteiger partial charge in [0.15, 0.2) is 11.4 Å². The Balaban J connectivity index is 1.70. The summed E-state index contributed by atoms with van der Waals surface area (Å²) in [5.41, 5.74) is 2.33. The van der Waals surface area contributed by atoms with E-state index in [0.717, 1.165) is 5.56 Å². The maximum absolute atomic E-state index is 13.1. The lowest BCUT2D eigenvalue weighted by Gasteiger charge is -2.22. The van der Waals surface area contributed by atoms with Crippen molar-refractivity contribution in [2.45, 2.75) is 18.8 Å². The summed E-state index contributed by atoms with van der Waals surface area (Å²) in [4.78, 5) is 31.3. The van der Waals surface area contributed by atoms with Crippen LogP contribution in [-0.2, 0) is 6.42 Å². The van der Waals surface area contributed by atoms with Gasteiger partial charge in [0.05, 0.1) is 11.1 Å². The van der Waals surface area contributed by atoms with E-state index in [9.17, 15) is 9.59 Å². The quantitative estimate of drug-likeness (QED) is 0.549. The fraction of sp³-hybridized carbons (Fsp3) is 0.150. The number of H-pyrrole nitrogens is 1. The molecule has 5 nitrogen and oxygen atoms in total. The summed E-state index contributed by atoms with van der Waals surface area (Å²) >= 11 is 7.59. The van der Waals surface area contributed by atoms with E-state index in [-0.39, 0.29) is 17.3 Å². The second-order valence-electron chi connectivity index (χ2n) is 6.65. The van der Waals surface area contributed by atoms with Crippen molar-refractivity contribution in [3.05, 3.63) is 79.4 Å². The number of Topliss-reactive ketones (excluding diaryl/α,β-unsaturated/α-hetero) is 1. The summed E-state index contributed by atoms with van der Waals surface area (Å²) < 4.78 is 1.45. The topological polar surface area (TPSA) is 67.8 Å². The van der Waals surface area contributed by atoms with E-state index in [0.29, 0.717) is 40.1 Å². The molecule has 1 atom stereocenters. The molecule has 3 aromatic heterocycles. The molecule has 1 aliphatic carbocycles. The van der Waals surface area contributed by atoms with Crippen LogP contribution in [0.15, 0.2) is 52.8 Å². The number of hydrogen-bond acceptors (Lipinski definition) is 4. The Bertz CT molecular complexity index is 1220. The third-order valence-electron chi connectivity index (χ3n) is 5.03. The first-order valence-corrected chi connectivity index (χ1v) is 9.82. The van der Waals surface area contributed by atoms with Crippen molar-refractivity contribution < 1.29 is 4.79 Å². The van der Waals surface area contributed by atoms with Gasteiger partial charge in [-0.15, -0.1) is 11.3 Å². The van der Waals surface area contributed by atoms with Crippen LogP contribution >= 0.6 is 22.9 Å².